The molecule has 10 heteroatoms. The summed E-state index contributed by atoms with van der Waals surface area (Å²) in [5.41, 5.74) is 0. The van der Waals surface area contributed by atoms with E-state index in [9.17, 15) is 0 Å². The Balaban J connectivity index is 0.00000192. The number of hydrogen-bond donors (Lipinski definition) is 2. The normalized spacial score (nSPS) is 22.7. The van der Waals surface area contributed by atoms with Crippen molar-refractivity contribution >= 4 is 11.9 Å². The second-order valence-electron chi connectivity index (χ2n) is 19.2. The third kappa shape index (κ3) is 25.7. The van der Waals surface area contributed by atoms with Gasteiger partial charge in [-0.25, -0.2) is 9.59 Å². The monoisotopic (exact) mass is 854 g/mol. The molecule has 3 fully saturated rings. The molecule has 3 aliphatic heterocycles. The fourth-order valence-electron chi connectivity index (χ4n) is 9.16. The molecule has 354 valence electrons. The van der Waals surface area contributed by atoms with E-state index in [0.29, 0.717) is 0 Å². The maximum atomic E-state index is 9.10. The molecule has 3 aliphatic rings. The van der Waals surface area contributed by atoms with Crippen LogP contribution in [0.25, 0.3) is 0 Å². The first-order valence-electron chi connectivity index (χ1n) is 25.4. The minimum absolute atomic E-state index is 0.0855. The molecule has 10 nitrogen and oxygen atoms in total. The van der Waals surface area contributed by atoms with Gasteiger partial charge >= 0.3 is 11.9 Å². The van der Waals surface area contributed by atoms with Crippen molar-refractivity contribution in [2.45, 2.75) is 289 Å². The summed E-state index contributed by atoms with van der Waals surface area (Å²) in [5.74, 6) is -4.97. The second-order valence-corrected chi connectivity index (χ2v) is 19.2. The minimum atomic E-state index is -1.82. The molecule has 0 aromatic rings. The smallest absolute Gasteiger partial charge is 0.414 e. The predicted octanol–water partition coefficient (Wildman–Crippen LogP) is 13.4. The van der Waals surface area contributed by atoms with Crippen molar-refractivity contribution in [1.82, 2.24) is 4.90 Å². The van der Waals surface area contributed by atoms with Crippen molar-refractivity contribution in [3.05, 3.63) is 0 Å². The van der Waals surface area contributed by atoms with Gasteiger partial charge in [-0.1, -0.05) is 206 Å². The Bertz CT molecular complexity index is 1020. The van der Waals surface area contributed by atoms with Gasteiger partial charge in [0, 0.05) is 6.54 Å². The van der Waals surface area contributed by atoms with Gasteiger partial charge in [0.25, 0.3) is 0 Å². The summed E-state index contributed by atoms with van der Waals surface area (Å²) in [6.45, 7) is 15.7. The van der Waals surface area contributed by atoms with Crippen molar-refractivity contribution in [3.8, 4) is 0 Å². The number of fused-ring (bicyclic) bond motifs is 3. The Kier molecular flexibility index (Phi) is 30.4. The number of unbranched alkanes of at least 4 members (excludes halogenated alkanes) is 30. The molecule has 2 N–H and O–H groups in total. The average molecular weight is 854 g/mol. The van der Waals surface area contributed by atoms with Crippen LogP contribution in [0.1, 0.15) is 247 Å². The molecule has 3 rings (SSSR count). The number of hydrogen-bond acceptors (Lipinski definition) is 8. The zero-order valence-corrected chi connectivity index (χ0v) is 39.8. The number of carboxylic acid groups (broad SMARTS) is 2. The van der Waals surface area contributed by atoms with Gasteiger partial charge in [0.15, 0.2) is 17.9 Å². The number of carbonyl (C=O) groups is 2. The van der Waals surface area contributed by atoms with Crippen LogP contribution in [-0.4, -0.2) is 89.0 Å². The molecule has 0 radical (unpaired) electrons. The number of rotatable bonds is 36. The fourth-order valence-corrected chi connectivity index (χ4v) is 9.16. The standard InChI is InChI=1S/C48H93NO5.C2H2O4/c1-7-9-11-13-15-17-19-21-23-25-27-29-31-33-35-37-39-49(40-38-36-34-32-30-28-26-24-22-20-18-16-14-12-10-8-2)41-42-43-44(52-47(3,4)51-43)45-46(50-42)54-48(5,6)53-45;3-1(4)2(5)6/h42-46H,7-41H2,1-6H3;(H,3,4)(H,5,6)/t42-,43+,44+,45-,46-;/m1./s1. The fraction of sp³-hybridized carbons (Fsp3) is 0.960. The Morgan fingerprint density at radius 3 is 1.03 bits per heavy atom. The first kappa shape index (κ1) is 54.8. The molecule has 0 aromatic carbocycles. The van der Waals surface area contributed by atoms with Gasteiger partial charge in [-0.3, -0.25) is 0 Å². The van der Waals surface area contributed by atoms with Crippen molar-refractivity contribution in [2.75, 3.05) is 19.6 Å². The van der Waals surface area contributed by atoms with Crippen molar-refractivity contribution < 1.29 is 43.5 Å². The lowest BCUT2D eigenvalue weighted by molar-refractivity contribution is -0.236. The number of aliphatic carboxylic acids is 2. The van der Waals surface area contributed by atoms with Crippen molar-refractivity contribution in [1.29, 1.82) is 0 Å². The lowest BCUT2D eigenvalue weighted by Gasteiger charge is -2.39. The average Bonchev–Trinajstić information content (AvgIpc) is 3.71. The second kappa shape index (κ2) is 33.2. The maximum Gasteiger partial charge on any atom is 0.414 e. The van der Waals surface area contributed by atoms with Crippen LogP contribution in [0.5, 0.6) is 0 Å². The summed E-state index contributed by atoms with van der Waals surface area (Å²) in [6, 6.07) is 0. The van der Waals surface area contributed by atoms with Gasteiger partial charge in [-0.05, 0) is 53.6 Å². The highest BCUT2D eigenvalue weighted by Gasteiger charge is 2.60. The van der Waals surface area contributed by atoms with E-state index in [-0.39, 0.29) is 24.4 Å². The lowest BCUT2D eigenvalue weighted by Crippen LogP contribution is -2.58. The molecule has 3 saturated heterocycles. The van der Waals surface area contributed by atoms with E-state index in [1.165, 1.54) is 205 Å². The lowest BCUT2D eigenvalue weighted by atomic mass is 9.98. The molecule has 5 atom stereocenters. The zero-order chi connectivity index (χ0) is 43.9. The number of carboxylic acids is 2. The SMILES string of the molecule is CCCCCCCCCCCCCCCCCCN(CCCCCCCCCCCCCCCCCC)C[C@H]1O[C@@H]2OC(C)(C)O[C@@H]2[C@H]2OC(C)(C)O[C@H]21.O=C(O)C(=O)O. The predicted molar refractivity (Wildman–Crippen MR) is 243 cm³/mol. The van der Waals surface area contributed by atoms with Gasteiger partial charge in [0.2, 0.25) is 0 Å². The van der Waals surface area contributed by atoms with Gasteiger partial charge in [0.05, 0.1) is 0 Å². The van der Waals surface area contributed by atoms with Crippen LogP contribution in [0, 0.1) is 0 Å². The highest BCUT2D eigenvalue weighted by atomic mass is 16.9. The van der Waals surface area contributed by atoms with Crippen LogP contribution in [-0.2, 0) is 33.3 Å². The number of ether oxygens (including phenoxy) is 5. The van der Waals surface area contributed by atoms with Crippen LogP contribution in [0.2, 0.25) is 0 Å². The Labute approximate surface area is 368 Å². The zero-order valence-electron chi connectivity index (χ0n) is 39.8. The van der Waals surface area contributed by atoms with Gasteiger partial charge < -0.3 is 38.8 Å². The maximum absolute atomic E-state index is 9.10. The van der Waals surface area contributed by atoms with Crippen LogP contribution < -0.4 is 0 Å². The molecule has 0 aliphatic carbocycles. The van der Waals surface area contributed by atoms with E-state index >= 15 is 0 Å². The van der Waals surface area contributed by atoms with E-state index in [1.807, 2.05) is 27.7 Å². The van der Waals surface area contributed by atoms with Crippen LogP contribution in [0.4, 0.5) is 0 Å². The first-order valence-corrected chi connectivity index (χ1v) is 25.4. The minimum Gasteiger partial charge on any atom is -0.473 e. The molecule has 0 saturated carbocycles. The third-order valence-electron chi connectivity index (χ3n) is 12.5. The Hall–Kier alpha value is -1.30. The quantitative estimate of drug-likeness (QED) is 0.0465. The molecule has 60 heavy (non-hydrogen) atoms. The van der Waals surface area contributed by atoms with E-state index in [1.54, 1.807) is 0 Å². The van der Waals surface area contributed by atoms with Crippen LogP contribution in [0.15, 0.2) is 0 Å². The summed E-state index contributed by atoms with van der Waals surface area (Å²) >= 11 is 0. The Morgan fingerprint density at radius 1 is 0.417 bits per heavy atom. The van der Waals surface area contributed by atoms with E-state index < -0.39 is 29.8 Å². The molecule has 0 unspecified atom stereocenters. The highest BCUT2D eigenvalue weighted by molar-refractivity contribution is 6.27. The summed E-state index contributed by atoms with van der Waals surface area (Å²) in [7, 11) is 0. The van der Waals surface area contributed by atoms with E-state index in [0.717, 1.165) is 19.6 Å². The van der Waals surface area contributed by atoms with Gasteiger partial charge in [0.1, 0.15) is 24.4 Å². The van der Waals surface area contributed by atoms with Crippen LogP contribution >= 0.6 is 0 Å². The largest absolute Gasteiger partial charge is 0.473 e. The van der Waals surface area contributed by atoms with Gasteiger partial charge in [-0.2, -0.15) is 0 Å². The van der Waals surface area contributed by atoms with Gasteiger partial charge in [-0.15, -0.1) is 0 Å². The Morgan fingerprint density at radius 2 is 0.700 bits per heavy atom. The summed E-state index contributed by atoms with van der Waals surface area (Å²) in [4.78, 5) is 20.9. The summed E-state index contributed by atoms with van der Waals surface area (Å²) < 4.78 is 32.1. The number of nitrogens with zero attached hydrogens (tertiary/aromatic N) is 1. The third-order valence-corrected chi connectivity index (χ3v) is 12.5. The topological polar surface area (TPSA) is 124 Å². The van der Waals surface area contributed by atoms with Crippen LogP contribution in [0.3, 0.4) is 0 Å². The molecular formula is C50H95NO9. The van der Waals surface area contributed by atoms with E-state index in [2.05, 4.69) is 18.7 Å². The van der Waals surface area contributed by atoms with E-state index in [4.69, 9.17) is 43.5 Å². The highest BCUT2D eigenvalue weighted by Crippen LogP contribution is 2.44. The molecule has 3 heterocycles. The molecular weight excluding hydrogens is 759 g/mol. The van der Waals surface area contributed by atoms with Crippen molar-refractivity contribution in [2.24, 2.45) is 0 Å². The first-order chi connectivity index (χ1) is 28.9. The summed E-state index contributed by atoms with van der Waals surface area (Å²) in [6.07, 6.45) is 44.0. The summed E-state index contributed by atoms with van der Waals surface area (Å²) in [5, 5.41) is 14.8. The molecule has 0 aromatic heterocycles. The molecule has 0 spiro atoms. The molecule has 0 bridgehead atoms. The van der Waals surface area contributed by atoms with Crippen molar-refractivity contribution in [3.63, 3.8) is 0 Å². The molecule has 0 amide bonds.